The number of hydrogen-bond donors (Lipinski definition) is 1. The Morgan fingerprint density at radius 3 is 1.11 bits per heavy atom. The van der Waals surface area contributed by atoms with Gasteiger partial charge in [-0.2, -0.15) is 15.8 Å². The number of aliphatic carboxylic acids is 1. The van der Waals surface area contributed by atoms with E-state index < -0.39 is 17.9 Å². The van der Waals surface area contributed by atoms with Crippen LogP contribution in [0.1, 0.15) is 46.4 Å². The van der Waals surface area contributed by atoms with Gasteiger partial charge in [-0.05, 0) is 140 Å². The van der Waals surface area contributed by atoms with Crippen LogP contribution in [0.4, 0.5) is 0 Å². The van der Waals surface area contributed by atoms with Crippen molar-refractivity contribution in [3.63, 3.8) is 0 Å². The Morgan fingerprint density at radius 2 is 0.779 bits per heavy atom. The molecule has 0 aliphatic rings. The number of carbonyl (C=O) groups excluding carboxylic acids is 2. The number of rotatable bonds is 8. The van der Waals surface area contributed by atoms with Crippen molar-refractivity contribution in [2.24, 2.45) is 0 Å². The van der Waals surface area contributed by atoms with Crippen LogP contribution in [0.5, 0.6) is 0 Å². The Kier molecular flexibility index (Phi) is 26.4. The van der Waals surface area contributed by atoms with Crippen LogP contribution in [0.15, 0.2) is 255 Å². The minimum Gasteiger partial charge on any atom is -0.870 e. The van der Waals surface area contributed by atoms with E-state index in [0.29, 0.717) is 16.7 Å². The van der Waals surface area contributed by atoms with Gasteiger partial charge in [0.1, 0.15) is 0 Å². The predicted molar refractivity (Wildman–Crippen MR) is 380 cm³/mol. The number of aromatic nitrogens is 3. The van der Waals surface area contributed by atoms with Gasteiger partial charge < -0.3 is 20.1 Å². The van der Waals surface area contributed by atoms with Gasteiger partial charge in [-0.25, -0.2) is 14.4 Å². The summed E-state index contributed by atoms with van der Waals surface area (Å²) in [6, 6.07) is 68.2. The molecule has 0 atom stereocenters. The van der Waals surface area contributed by atoms with Crippen molar-refractivity contribution in [2.75, 3.05) is 14.2 Å². The number of nitrogens with zero attached hydrogens (tertiary/aromatic N) is 6. The average molecular weight is 1310 g/mol. The summed E-state index contributed by atoms with van der Waals surface area (Å²) in [7, 11) is 2.66. The first-order valence-electron chi connectivity index (χ1n) is 28.7. The topological polar surface area (TPSA) is 230 Å². The number of halogens is 1. The van der Waals surface area contributed by atoms with Crippen LogP contribution in [0.3, 0.4) is 0 Å². The Morgan fingerprint density at radius 1 is 0.442 bits per heavy atom. The monoisotopic (exact) mass is 1300 g/mol. The smallest absolute Gasteiger partial charge is 0.870 e. The molecule has 0 aliphatic carbocycles. The van der Waals surface area contributed by atoms with Crippen LogP contribution in [-0.4, -0.2) is 57.7 Å². The van der Waals surface area contributed by atoms with E-state index in [1.165, 1.54) is 31.4 Å². The first kappa shape index (κ1) is 72.4. The number of hydrogen-bond acceptors (Lipinski definition) is 12. The van der Waals surface area contributed by atoms with Gasteiger partial charge in [0.05, 0.1) is 49.1 Å². The van der Waals surface area contributed by atoms with Gasteiger partial charge in [-0.15, -0.1) is 0 Å². The summed E-state index contributed by atoms with van der Waals surface area (Å²) < 4.78 is 9.84. The standard InChI is InChI=1S/C24H16N2O2.C23H14N2O2.C20H11BrN2.C8H10.C4H6O2.CH4.Li.H2O/c1-28-24(27)11-7-16-6-8-18-14-26-15-23(22(18)12-16)21-10-9-17(13-25)19-4-2-3-5-20(19)21;24-12-16-8-9-20(19-4-2-1-3-18(16)19)22-14-25-13-17-7-5-15(11-21(17)22)6-10-23(26)27;21-15-7-5-14-11-23-12-20(19(14)9-15)18-8-6-13(10-22)16-3-1-2-4-17(16)18;1-7-5-3-4-6-8(7)2;1-3-4(5)6-2;;;/h2-12,14-15H,1H3;1-11,13-14H,(H,26,27);1-9,11-12H;3-6H,1-2H3;3H,1H2,2H3;1H4;;1H2/q;;;;;;+1;/p-1/b11-7+;10-6+;;;;;;. The molecule has 10 aromatic carbocycles. The maximum absolute atomic E-state index is 11.4. The second-order valence-electron chi connectivity index (χ2n) is 20.7. The van der Waals surface area contributed by atoms with Crippen LogP contribution in [-0.2, 0) is 23.9 Å². The molecule has 0 amide bonds. The molecule has 0 aliphatic heterocycles. The van der Waals surface area contributed by atoms with Gasteiger partial charge in [-0.1, -0.05) is 176 Å². The minimum absolute atomic E-state index is 0. The molecule has 0 saturated heterocycles. The molecule has 2 N–H and O–H groups in total. The fourth-order valence-corrected chi connectivity index (χ4v) is 10.8. The molecular formula is C80H62BrLiN6O7. The molecule has 0 bridgehead atoms. The van der Waals surface area contributed by atoms with E-state index in [1.807, 2.05) is 170 Å². The van der Waals surface area contributed by atoms with Crippen LogP contribution in [0.25, 0.3) is 110 Å². The van der Waals surface area contributed by atoms with Crippen molar-refractivity contribution in [1.29, 1.82) is 15.8 Å². The Bertz CT molecular complexity index is 5160. The van der Waals surface area contributed by atoms with E-state index in [9.17, 15) is 30.2 Å². The Labute approximate surface area is 571 Å². The summed E-state index contributed by atoms with van der Waals surface area (Å²) in [6.07, 6.45) is 18.0. The molecular weight excluding hydrogens is 1240 g/mol. The van der Waals surface area contributed by atoms with E-state index >= 15 is 0 Å². The number of esters is 2. The van der Waals surface area contributed by atoms with Crippen molar-refractivity contribution >= 4 is 111 Å². The summed E-state index contributed by atoms with van der Waals surface area (Å²) in [6.45, 7) is 7.40. The first-order chi connectivity index (χ1) is 44.8. The second kappa shape index (κ2) is 34.7. The zero-order valence-electron chi connectivity index (χ0n) is 52.0. The third-order valence-electron chi connectivity index (χ3n) is 15.1. The average Bonchev–Trinajstić information content (AvgIpc) is 0.793. The van der Waals surface area contributed by atoms with Crippen LogP contribution in [0.2, 0.25) is 0 Å². The van der Waals surface area contributed by atoms with Gasteiger partial charge in [0, 0.05) is 109 Å². The van der Waals surface area contributed by atoms with Crippen molar-refractivity contribution in [3.8, 4) is 51.6 Å². The van der Waals surface area contributed by atoms with E-state index in [4.69, 9.17) is 5.11 Å². The van der Waals surface area contributed by atoms with E-state index in [-0.39, 0.29) is 31.8 Å². The number of methoxy groups -OCH3 is 2. The zero-order chi connectivity index (χ0) is 65.1. The van der Waals surface area contributed by atoms with Crippen molar-refractivity contribution < 1.29 is 53.3 Å². The van der Waals surface area contributed by atoms with Gasteiger partial charge >= 0.3 is 36.8 Å². The van der Waals surface area contributed by atoms with Crippen LogP contribution in [0, 0.1) is 47.8 Å². The molecule has 13 nitrogen and oxygen atoms in total. The minimum atomic E-state index is -0.983. The SMILES string of the molecule is C.C=CC(=O)OC.COC(=O)/C=C/c1ccc2cncc(-c3ccc(C#N)c4ccccc34)c2c1.Cc1ccccc1C.N#Cc1ccc(-c2cncc3ccc(/C=C/C(=O)O)cc23)c2ccccc12.N#Cc1ccc(-c2cncc3ccc(Br)cc23)c2ccccc12.[Li+].[OH-]. The molecule has 15 heteroatoms. The molecule has 462 valence electrons. The Hall–Kier alpha value is -11.7. The number of fused-ring (bicyclic) bond motifs is 6. The number of pyridine rings is 3. The number of benzene rings is 10. The maximum Gasteiger partial charge on any atom is 1.00 e. The van der Waals surface area contributed by atoms with Gasteiger partial charge in [-0.3, -0.25) is 15.0 Å². The number of ether oxygens (including phenoxy) is 2. The first-order valence-corrected chi connectivity index (χ1v) is 29.5. The number of carboxylic acid groups (broad SMARTS) is 1. The summed E-state index contributed by atoms with van der Waals surface area (Å²) >= 11 is 3.55. The van der Waals surface area contributed by atoms with Crippen molar-refractivity contribution in [2.45, 2.75) is 21.3 Å². The molecule has 13 rings (SSSR count). The van der Waals surface area contributed by atoms with Gasteiger partial charge in [0.25, 0.3) is 0 Å². The fourth-order valence-electron chi connectivity index (χ4n) is 10.4. The fraction of sp³-hybridized carbons (Fsp3) is 0.0625. The maximum atomic E-state index is 11.4. The summed E-state index contributed by atoms with van der Waals surface area (Å²) in [5, 5.41) is 49.1. The normalized spacial score (nSPS) is 10.2. The van der Waals surface area contributed by atoms with Gasteiger partial charge in [0.15, 0.2) is 0 Å². The third-order valence-corrected chi connectivity index (χ3v) is 15.6. The second-order valence-corrected chi connectivity index (χ2v) is 21.6. The van der Waals surface area contributed by atoms with E-state index in [2.05, 4.69) is 121 Å². The molecule has 95 heavy (non-hydrogen) atoms. The summed E-state index contributed by atoms with van der Waals surface area (Å²) in [5.74, 6) is -1.77. The zero-order valence-corrected chi connectivity index (χ0v) is 53.5. The molecule has 0 radical (unpaired) electrons. The molecule has 3 aromatic heterocycles. The molecule has 0 fully saturated rings. The number of nitriles is 3. The summed E-state index contributed by atoms with van der Waals surface area (Å²) in [5.41, 5.74) is 12.5. The molecule has 0 unspecified atom stereocenters. The third kappa shape index (κ3) is 17.5. The molecule has 0 saturated carbocycles. The summed E-state index contributed by atoms with van der Waals surface area (Å²) in [4.78, 5) is 45.2. The quantitative estimate of drug-likeness (QED) is 0.0849. The van der Waals surface area contributed by atoms with E-state index in [0.717, 1.165) is 126 Å². The van der Waals surface area contributed by atoms with Crippen molar-refractivity contribution in [3.05, 3.63) is 293 Å². The molecule has 13 aromatic rings. The van der Waals surface area contributed by atoms with Crippen LogP contribution < -0.4 is 18.9 Å². The Balaban J connectivity index is 0.000000202. The number of aryl methyl sites for hydroxylation is 2. The molecule has 0 spiro atoms. The number of carboxylic acids is 1. The van der Waals surface area contributed by atoms with Crippen molar-refractivity contribution in [1.82, 2.24) is 15.0 Å². The number of carbonyl (C=O) groups is 3. The predicted octanol–water partition coefficient (Wildman–Crippen LogP) is 15.9. The largest absolute Gasteiger partial charge is 1.00 e. The molecule has 3 heterocycles. The van der Waals surface area contributed by atoms with Gasteiger partial charge in [0.2, 0.25) is 0 Å². The van der Waals surface area contributed by atoms with E-state index in [1.54, 1.807) is 24.5 Å². The van der Waals surface area contributed by atoms with Crippen LogP contribution >= 0.6 is 15.9 Å².